The van der Waals surface area contributed by atoms with E-state index in [0.717, 1.165) is 19.3 Å². The Balaban J connectivity index is 1.98. The Kier molecular flexibility index (Phi) is 6.88. The number of amides is 2. The number of nitrogens with zero attached hydrogens (tertiary/aromatic N) is 3. The summed E-state index contributed by atoms with van der Waals surface area (Å²) in [6.45, 7) is 1.64. The quantitative estimate of drug-likeness (QED) is 0.716. The van der Waals surface area contributed by atoms with E-state index in [1.165, 1.54) is 17.1 Å². The smallest absolute Gasteiger partial charge is 0.320 e. The average molecular weight is 362 g/mol. The molecule has 0 radical (unpaired) electrons. The predicted octanol–water partition coefficient (Wildman–Crippen LogP) is 1.35. The number of likely N-dealkylation sites (tertiary alicyclic amines) is 1. The number of likely N-dealkylation sites (N-methyl/N-ethyl adjacent to an activating group) is 1. The van der Waals surface area contributed by atoms with Crippen LogP contribution in [0.25, 0.3) is 0 Å². The molecule has 0 N–H and O–H groups in total. The average Bonchev–Trinajstić information content (AvgIpc) is 3.12. The number of ether oxygens (including phenoxy) is 1. The number of hydrogen-bond acceptors (Lipinski definition) is 4. The van der Waals surface area contributed by atoms with Gasteiger partial charge < -0.3 is 14.5 Å². The molecule has 0 aromatic carbocycles. The van der Waals surface area contributed by atoms with Crippen LogP contribution in [0.3, 0.4) is 0 Å². The minimum absolute atomic E-state index is 0.0265. The minimum atomic E-state index is -3.40. The van der Waals surface area contributed by atoms with Crippen LogP contribution in [0.5, 0.6) is 0 Å². The lowest BCUT2D eigenvalue weighted by molar-refractivity contribution is 0.138. The van der Waals surface area contributed by atoms with Crippen molar-refractivity contribution in [3.8, 4) is 0 Å². The molecular formula is C16H31N3O4S. The molecule has 1 saturated heterocycles. The lowest BCUT2D eigenvalue weighted by atomic mass is 10.1. The second kappa shape index (κ2) is 8.49. The summed E-state index contributed by atoms with van der Waals surface area (Å²) in [6, 6.07) is 0.278. The fourth-order valence-corrected chi connectivity index (χ4v) is 5.30. The molecule has 0 spiro atoms. The van der Waals surface area contributed by atoms with Gasteiger partial charge in [0.05, 0.1) is 11.9 Å². The van der Waals surface area contributed by atoms with Crippen molar-refractivity contribution in [1.82, 2.24) is 14.1 Å². The maximum Gasteiger partial charge on any atom is 0.320 e. The number of carbonyl (C=O) groups excluding carboxylic acids is 1. The standard InChI is InChI=1S/C16H31N3O4S/c1-17(11-12-23-3)24(21,22)15-9-6-10-19(13-15)16(20)18(2)14-7-4-5-8-14/h14-15H,4-13H2,1-3H3. The van der Waals surface area contributed by atoms with E-state index >= 15 is 0 Å². The maximum absolute atomic E-state index is 12.7. The molecule has 2 amide bonds. The van der Waals surface area contributed by atoms with Crippen LogP contribution in [0.1, 0.15) is 38.5 Å². The molecule has 1 aliphatic heterocycles. The van der Waals surface area contributed by atoms with Crippen molar-refractivity contribution in [2.45, 2.75) is 49.8 Å². The number of rotatable bonds is 6. The van der Waals surface area contributed by atoms with Gasteiger partial charge in [-0.2, -0.15) is 0 Å². The van der Waals surface area contributed by atoms with Crippen LogP contribution in [-0.2, 0) is 14.8 Å². The first-order chi connectivity index (χ1) is 11.4. The molecule has 140 valence electrons. The highest BCUT2D eigenvalue weighted by molar-refractivity contribution is 7.89. The van der Waals surface area contributed by atoms with Gasteiger partial charge in [-0.05, 0) is 25.7 Å². The SMILES string of the molecule is COCCN(C)S(=O)(=O)C1CCCN(C(=O)N(C)C2CCCC2)C1. The monoisotopic (exact) mass is 361 g/mol. The van der Waals surface area contributed by atoms with Crippen LogP contribution in [0.2, 0.25) is 0 Å². The van der Waals surface area contributed by atoms with Crippen LogP contribution in [-0.4, -0.2) is 87.3 Å². The lowest BCUT2D eigenvalue weighted by Crippen LogP contribution is -2.53. The van der Waals surface area contributed by atoms with Gasteiger partial charge in [0.1, 0.15) is 0 Å². The number of hydrogen-bond donors (Lipinski definition) is 0. The van der Waals surface area contributed by atoms with E-state index in [2.05, 4.69) is 0 Å². The molecule has 0 aromatic heterocycles. The van der Waals surface area contributed by atoms with Crippen molar-refractivity contribution in [2.75, 3.05) is 47.4 Å². The van der Waals surface area contributed by atoms with E-state index in [1.54, 1.807) is 19.1 Å². The van der Waals surface area contributed by atoms with Gasteiger partial charge in [-0.15, -0.1) is 0 Å². The molecule has 2 rings (SSSR count). The molecule has 1 aliphatic carbocycles. The van der Waals surface area contributed by atoms with Gasteiger partial charge in [0.25, 0.3) is 0 Å². The number of sulfonamides is 1. The van der Waals surface area contributed by atoms with Gasteiger partial charge >= 0.3 is 6.03 Å². The fraction of sp³-hybridized carbons (Fsp3) is 0.938. The molecule has 1 atom stereocenters. The number of piperidine rings is 1. The Bertz CT molecular complexity index is 519. The molecular weight excluding hydrogens is 330 g/mol. The third kappa shape index (κ3) is 4.40. The number of carbonyl (C=O) groups is 1. The normalized spacial score (nSPS) is 23.0. The molecule has 7 nitrogen and oxygen atoms in total. The van der Waals surface area contributed by atoms with Crippen LogP contribution in [0.15, 0.2) is 0 Å². The Labute approximate surface area is 146 Å². The molecule has 1 heterocycles. The lowest BCUT2D eigenvalue weighted by Gasteiger charge is -2.37. The van der Waals surface area contributed by atoms with E-state index in [-0.39, 0.29) is 12.6 Å². The minimum Gasteiger partial charge on any atom is -0.383 e. The van der Waals surface area contributed by atoms with Crippen molar-refractivity contribution in [3.05, 3.63) is 0 Å². The molecule has 1 unspecified atom stereocenters. The first-order valence-corrected chi connectivity index (χ1v) is 10.3. The van der Waals surface area contributed by atoms with Gasteiger partial charge in [-0.3, -0.25) is 0 Å². The molecule has 2 aliphatic rings. The van der Waals surface area contributed by atoms with E-state index < -0.39 is 15.3 Å². The molecule has 8 heteroatoms. The van der Waals surface area contributed by atoms with Gasteiger partial charge in [-0.25, -0.2) is 17.5 Å². The Morgan fingerprint density at radius 2 is 1.83 bits per heavy atom. The fourth-order valence-electron chi connectivity index (χ4n) is 3.63. The van der Waals surface area contributed by atoms with Gasteiger partial charge in [0.2, 0.25) is 10.0 Å². The molecule has 2 fully saturated rings. The molecule has 1 saturated carbocycles. The first-order valence-electron chi connectivity index (χ1n) is 8.83. The summed E-state index contributed by atoms with van der Waals surface area (Å²) in [6.07, 6.45) is 5.78. The molecule has 0 aromatic rings. The largest absolute Gasteiger partial charge is 0.383 e. The summed E-state index contributed by atoms with van der Waals surface area (Å²) in [5, 5.41) is -0.519. The summed E-state index contributed by atoms with van der Waals surface area (Å²) < 4.78 is 31.7. The van der Waals surface area contributed by atoms with Gasteiger partial charge in [0, 0.05) is 46.9 Å². The van der Waals surface area contributed by atoms with Gasteiger partial charge in [-0.1, -0.05) is 12.8 Å². The van der Waals surface area contributed by atoms with E-state index in [9.17, 15) is 13.2 Å². The third-order valence-electron chi connectivity index (χ3n) is 5.29. The molecule has 24 heavy (non-hydrogen) atoms. The van der Waals surface area contributed by atoms with E-state index in [4.69, 9.17) is 4.74 Å². The Hall–Kier alpha value is -0.860. The van der Waals surface area contributed by atoms with Gasteiger partial charge in [0.15, 0.2) is 0 Å². The third-order valence-corrected chi connectivity index (χ3v) is 7.57. The van der Waals surface area contributed by atoms with E-state index in [0.29, 0.717) is 32.2 Å². The zero-order valence-corrected chi connectivity index (χ0v) is 15.9. The number of methoxy groups -OCH3 is 1. The molecule has 0 bridgehead atoms. The van der Waals surface area contributed by atoms with Crippen LogP contribution in [0.4, 0.5) is 4.79 Å². The second-order valence-corrected chi connectivity index (χ2v) is 9.22. The van der Waals surface area contributed by atoms with Crippen molar-refractivity contribution in [3.63, 3.8) is 0 Å². The topological polar surface area (TPSA) is 70.2 Å². The Morgan fingerprint density at radius 3 is 2.46 bits per heavy atom. The summed E-state index contributed by atoms with van der Waals surface area (Å²) in [4.78, 5) is 16.3. The summed E-state index contributed by atoms with van der Waals surface area (Å²) in [7, 11) is 1.58. The maximum atomic E-state index is 12.7. The van der Waals surface area contributed by atoms with Crippen molar-refractivity contribution >= 4 is 16.1 Å². The number of urea groups is 1. The van der Waals surface area contributed by atoms with Crippen LogP contribution >= 0.6 is 0 Å². The van der Waals surface area contributed by atoms with Crippen molar-refractivity contribution < 1.29 is 17.9 Å². The van der Waals surface area contributed by atoms with Crippen LogP contribution < -0.4 is 0 Å². The zero-order valence-electron chi connectivity index (χ0n) is 15.1. The van der Waals surface area contributed by atoms with E-state index in [1.807, 2.05) is 11.9 Å². The predicted molar refractivity (Wildman–Crippen MR) is 93.4 cm³/mol. The zero-order chi connectivity index (χ0) is 17.7. The highest BCUT2D eigenvalue weighted by Gasteiger charge is 2.37. The Morgan fingerprint density at radius 1 is 1.17 bits per heavy atom. The van der Waals surface area contributed by atoms with Crippen LogP contribution in [0, 0.1) is 0 Å². The van der Waals surface area contributed by atoms with Crippen molar-refractivity contribution in [1.29, 1.82) is 0 Å². The highest BCUT2D eigenvalue weighted by Crippen LogP contribution is 2.25. The summed E-state index contributed by atoms with van der Waals surface area (Å²) in [5.74, 6) is 0. The highest BCUT2D eigenvalue weighted by atomic mass is 32.2. The summed E-state index contributed by atoms with van der Waals surface area (Å²) >= 11 is 0. The second-order valence-electron chi connectivity index (χ2n) is 6.90. The summed E-state index contributed by atoms with van der Waals surface area (Å²) in [5.41, 5.74) is 0. The van der Waals surface area contributed by atoms with Crippen molar-refractivity contribution in [2.24, 2.45) is 0 Å². The first kappa shape index (κ1) is 19.5.